The summed E-state index contributed by atoms with van der Waals surface area (Å²) in [6.07, 6.45) is 20.6. The summed E-state index contributed by atoms with van der Waals surface area (Å²) in [6, 6.07) is 14.3. The Balaban J connectivity index is 2.17. The Morgan fingerprint density at radius 3 is 1.40 bits per heavy atom. The molecule has 0 unspecified atom stereocenters. The molecule has 1 aromatic rings. The Kier molecular flexibility index (Phi) is 22.3. The third-order valence-corrected chi connectivity index (χ3v) is 20.0. The van der Waals surface area contributed by atoms with E-state index in [1.165, 1.54) is 108 Å². The Morgan fingerprint density at radius 2 is 0.975 bits per heavy atom. The maximum atomic E-state index is 5.92. The van der Waals surface area contributed by atoms with Crippen molar-refractivity contribution in [1.29, 1.82) is 0 Å². The second-order valence-electron chi connectivity index (χ2n) is 13.7. The molecule has 1 aromatic carbocycles. The van der Waals surface area contributed by atoms with Gasteiger partial charge < -0.3 is 4.12 Å². The van der Waals surface area contributed by atoms with Crippen LogP contribution in [0.1, 0.15) is 103 Å². The van der Waals surface area contributed by atoms with E-state index in [0.717, 1.165) is 13.0 Å². The van der Waals surface area contributed by atoms with Gasteiger partial charge in [0.1, 0.15) is 9.76 Å². The largest absolute Gasteiger partial charge is 0.463 e. The normalized spacial score (nSPS) is 12.8. The smallest absolute Gasteiger partial charge is 0.156 e. The lowest BCUT2D eigenvalue weighted by atomic mass is 10.1. The first-order chi connectivity index (χ1) is 19.2. The second-order valence-corrected chi connectivity index (χ2v) is 27.9. The maximum Gasteiger partial charge on any atom is 0.156 e. The van der Waals surface area contributed by atoms with Gasteiger partial charge in [-0.05, 0) is 32.5 Å². The van der Waals surface area contributed by atoms with Crippen LogP contribution in [0.3, 0.4) is 0 Å². The molecule has 0 aliphatic carbocycles. The summed E-state index contributed by atoms with van der Waals surface area (Å²) in [5, 5.41) is 3.33. The molecule has 0 saturated carbocycles. The summed E-state index contributed by atoms with van der Waals surface area (Å²) in [6.45, 7) is 18.3. The first kappa shape index (κ1) is 38.0. The zero-order valence-corrected chi connectivity index (χ0v) is 32.5. The van der Waals surface area contributed by atoms with Gasteiger partial charge in [-0.15, -0.1) is 0 Å². The molecule has 3 nitrogen and oxygen atoms in total. The van der Waals surface area contributed by atoms with Gasteiger partial charge in [0.05, 0.1) is 29.4 Å². The van der Waals surface area contributed by atoms with Crippen LogP contribution in [-0.2, 0) is 13.9 Å². The van der Waals surface area contributed by atoms with E-state index in [2.05, 4.69) is 63.5 Å². The van der Waals surface area contributed by atoms with Gasteiger partial charge in [-0.25, -0.2) is 9.78 Å². The molecule has 7 heteroatoms. The summed E-state index contributed by atoms with van der Waals surface area (Å²) >= 11 is 0. The first-order valence-corrected chi connectivity index (χ1v) is 27.9. The molecule has 0 heterocycles. The summed E-state index contributed by atoms with van der Waals surface area (Å²) in [7, 11) is -3.59. The predicted molar refractivity (Wildman–Crippen MR) is 190 cm³/mol. The third kappa shape index (κ3) is 19.2. The molecule has 40 heavy (non-hydrogen) atoms. The molecule has 0 radical (unpaired) electrons. The Bertz CT molecular complexity index is 710. The quantitative estimate of drug-likeness (QED) is 0.0424. The molecule has 0 saturated heterocycles. The molecule has 0 bridgehead atoms. The maximum absolute atomic E-state index is 5.92. The fraction of sp³-hybridized carbons (Fsp3) is 0.818. The highest BCUT2D eigenvalue weighted by molar-refractivity contribution is 6.91. The van der Waals surface area contributed by atoms with Crippen molar-refractivity contribution in [3.05, 3.63) is 24.3 Å². The SMILES string of the molecule is CCOOCCCCCCCCCCC[Si](C)(C)c1ccc([Si](C)(C)CCCCCCCC[SiH2]O[SiH](C)C)cc1. The highest BCUT2D eigenvalue weighted by Crippen LogP contribution is 2.19. The number of hydrogen-bond donors (Lipinski definition) is 0. The van der Waals surface area contributed by atoms with Gasteiger partial charge >= 0.3 is 0 Å². The van der Waals surface area contributed by atoms with Crippen molar-refractivity contribution in [2.45, 2.75) is 161 Å². The molecule has 0 atom stereocenters. The van der Waals surface area contributed by atoms with E-state index in [-0.39, 0.29) is 9.76 Å². The van der Waals surface area contributed by atoms with Crippen LogP contribution < -0.4 is 10.4 Å². The third-order valence-electron chi connectivity index (χ3n) is 8.58. The zero-order chi connectivity index (χ0) is 29.5. The topological polar surface area (TPSA) is 27.7 Å². The molecule has 0 aliphatic heterocycles. The van der Waals surface area contributed by atoms with Crippen LogP contribution in [0.25, 0.3) is 0 Å². The fourth-order valence-electron chi connectivity index (χ4n) is 5.64. The minimum absolute atomic E-state index is 0.190. The average molecular weight is 625 g/mol. The molecule has 1 rings (SSSR count). The van der Waals surface area contributed by atoms with E-state index >= 15 is 0 Å². The molecular formula is C33H68O3Si4. The second kappa shape index (κ2) is 23.4. The average Bonchev–Trinajstić information content (AvgIpc) is 2.92. The van der Waals surface area contributed by atoms with Crippen LogP contribution in [0.2, 0.25) is 57.4 Å². The summed E-state index contributed by atoms with van der Waals surface area (Å²) in [4.78, 5) is 10.0. The summed E-state index contributed by atoms with van der Waals surface area (Å²) in [5.41, 5.74) is 0. The van der Waals surface area contributed by atoms with Crippen molar-refractivity contribution >= 4 is 45.3 Å². The van der Waals surface area contributed by atoms with Crippen LogP contribution in [0.5, 0.6) is 0 Å². The zero-order valence-electron chi connectivity index (χ0n) is 28.0. The van der Waals surface area contributed by atoms with Crippen LogP contribution in [0.4, 0.5) is 0 Å². The Morgan fingerprint density at radius 1 is 0.575 bits per heavy atom. The van der Waals surface area contributed by atoms with Gasteiger partial charge in [-0.2, -0.15) is 0 Å². The minimum atomic E-state index is -1.33. The molecule has 234 valence electrons. The summed E-state index contributed by atoms with van der Waals surface area (Å²) < 4.78 is 5.92. The lowest BCUT2D eigenvalue weighted by Crippen LogP contribution is -2.45. The van der Waals surface area contributed by atoms with E-state index in [9.17, 15) is 0 Å². The van der Waals surface area contributed by atoms with E-state index in [1.54, 1.807) is 10.4 Å². The highest BCUT2D eigenvalue weighted by Gasteiger charge is 2.26. The molecule has 0 aromatic heterocycles. The van der Waals surface area contributed by atoms with Crippen LogP contribution in [0, 0.1) is 0 Å². The molecule has 0 fully saturated rings. The van der Waals surface area contributed by atoms with Crippen molar-refractivity contribution in [3.63, 3.8) is 0 Å². The number of hydrogen-bond acceptors (Lipinski definition) is 3. The van der Waals surface area contributed by atoms with Crippen molar-refractivity contribution in [2.75, 3.05) is 13.2 Å². The lowest BCUT2D eigenvalue weighted by Gasteiger charge is -2.26. The molecule has 0 amide bonds. The van der Waals surface area contributed by atoms with Crippen LogP contribution in [-0.4, -0.2) is 48.2 Å². The Labute approximate surface area is 256 Å². The van der Waals surface area contributed by atoms with Gasteiger partial charge in [0.15, 0.2) is 9.04 Å². The van der Waals surface area contributed by atoms with Crippen LogP contribution in [0.15, 0.2) is 24.3 Å². The van der Waals surface area contributed by atoms with E-state index in [0.29, 0.717) is 6.61 Å². The van der Waals surface area contributed by atoms with Crippen LogP contribution >= 0.6 is 0 Å². The van der Waals surface area contributed by atoms with E-state index in [4.69, 9.17) is 13.9 Å². The van der Waals surface area contributed by atoms with Crippen molar-refractivity contribution in [3.8, 4) is 0 Å². The predicted octanol–water partition coefficient (Wildman–Crippen LogP) is 8.84. The van der Waals surface area contributed by atoms with E-state index < -0.39 is 25.2 Å². The minimum Gasteiger partial charge on any atom is -0.463 e. The molecule has 0 spiro atoms. The number of rotatable bonds is 27. The molecular weight excluding hydrogens is 557 g/mol. The summed E-state index contributed by atoms with van der Waals surface area (Å²) in [5.74, 6) is 0. The van der Waals surface area contributed by atoms with E-state index in [1.807, 2.05) is 6.92 Å². The molecule has 0 aliphatic rings. The Hall–Kier alpha value is -0.0325. The number of benzene rings is 1. The monoisotopic (exact) mass is 624 g/mol. The molecule has 0 N–H and O–H groups in total. The van der Waals surface area contributed by atoms with Gasteiger partial charge in [0, 0.05) is 0 Å². The number of unbranched alkanes of at least 4 members (excludes halogenated alkanes) is 13. The lowest BCUT2D eigenvalue weighted by molar-refractivity contribution is -0.291. The van der Waals surface area contributed by atoms with Crippen molar-refractivity contribution in [1.82, 2.24) is 0 Å². The fourth-order valence-corrected chi connectivity index (χ4v) is 13.7. The standard InChI is InChI=1S/C33H68O3Si4/c1-8-34-35-28-20-16-12-10-9-11-14-18-22-30-39(4,5)32-24-26-33(27-25-32)40(6,7)31-23-19-15-13-17-21-29-37-36-38(2)3/h24-27,38H,8-23,28-31,37H2,1-7H3. The van der Waals surface area contributed by atoms with Gasteiger partial charge in [0.25, 0.3) is 0 Å². The first-order valence-electron chi connectivity index (χ1n) is 17.2. The van der Waals surface area contributed by atoms with Gasteiger partial charge in [-0.3, -0.25) is 0 Å². The van der Waals surface area contributed by atoms with Gasteiger partial charge in [0.2, 0.25) is 0 Å². The van der Waals surface area contributed by atoms with Crippen molar-refractivity contribution in [2.24, 2.45) is 0 Å². The van der Waals surface area contributed by atoms with Gasteiger partial charge in [-0.1, -0.05) is 163 Å². The highest BCUT2D eigenvalue weighted by atomic mass is 28.3. The van der Waals surface area contributed by atoms with Crippen molar-refractivity contribution < 1.29 is 13.9 Å².